The fourth-order valence-electron chi connectivity index (χ4n) is 2.28. The van der Waals surface area contributed by atoms with E-state index in [0.717, 1.165) is 9.37 Å². The molecule has 1 aliphatic heterocycles. The Balaban J connectivity index is 0. The highest BCUT2D eigenvalue weighted by molar-refractivity contribution is 9.10. The van der Waals surface area contributed by atoms with E-state index in [1.807, 2.05) is 18.2 Å². The molecule has 1 aromatic carbocycles. The number of benzene rings is 1. The number of ketones is 2. The summed E-state index contributed by atoms with van der Waals surface area (Å²) >= 11 is 5.13. The van der Waals surface area contributed by atoms with Crippen LogP contribution in [0, 0.1) is 11.8 Å². The molecular formula is C14H17BBrF2O2S. The molecule has 115 valence electrons. The second kappa shape index (κ2) is 8.68. The van der Waals surface area contributed by atoms with Gasteiger partial charge in [0.2, 0.25) is 0 Å². The number of Topliss-reactive ketones (excluding diaryl/α,β-unsaturated/α-hetero) is 2. The number of halogens is 3. The zero-order chi connectivity index (χ0) is 13.4. The van der Waals surface area contributed by atoms with Crippen LogP contribution in [0.3, 0.4) is 0 Å². The fourth-order valence-corrected chi connectivity index (χ4v) is 4.40. The number of hydrogen-bond donors (Lipinski definition) is 0. The van der Waals surface area contributed by atoms with E-state index in [0.29, 0.717) is 5.56 Å². The third kappa shape index (κ3) is 4.16. The molecule has 1 heterocycles. The predicted octanol–water partition coefficient (Wildman–Crippen LogP) is 3.89. The van der Waals surface area contributed by atoms with E-state index in [1.54, 1.807) is 11.8 Å². The van der Waals surface area contributed by atoms with Gasteiger partial charge in [-0.05, 0) is 34.8 Å². The van der Waals surface area contributed by atoms with Gasteiger partial charge in [0.25, 0.3) is 0 Å². The Labute approximate surface area is 137 Å². The molecule has 0 amide bonds. The highest BCUT2D eigenvalue weighted by Crippen LogP contribution is 2.45. The number of rotatable bonds is 2. The molecule has 7 heteroatoms. The van der Waals surface area contributed by atoms with Gasteiger partial charge in [0.1, 0.15) is 5.78 Å². The molecule has 0 saturated carbocycles. The first-order valence-corrected chi connectivity index (χ1v) is 7.60. The average molecular weight is 378 g/mol. The third-order valence-corrected chi connectivity index (χ3v) is 5.88. The molecular weight excluding hydrogens is 361 g/mol. The lowest BCUT2D eigenvalue weighted by atomic mass is 9.86. The summed E-state index contributed by atoms with van der Waals surface area (Å²) in [4.78, 5) is 25.2. The lowest BCUT2D eigenvalue weighted by Gasteiger charge is -2.32. The van der Waals surface area contributed by atoms with Crippen LogP contribution in [0.25, 0.3) is 0 Å². The number of carbonyl (C=O) groups excluding carboxylic acids is 2. The second-order valence-corrected chi connectivity index (χ2v) is 6.94. The normalized spacial score (nSPS) is 19.8. The van der Waals surface area contributed by atoms with Gasteiger partial charge in [0, 0.05) is 28.6 Å². The molecule has 2 rings (SSSR count). The molecule has 0 fully saturated rings. The number of carbonyl (C=O) groups is 2. The average Bonchev–Trinajstić information content (AvgIpc) is 2.29. The van der Waals surface area contributed by atoms with Crippen molar-refractivity contribution in [1.29, 1.82) is 0 Å². The minimum Gasteiger partial charge on any atom is -0.299 e. The number of thioether (sulfide) groups is 1. The maximum atomic E-state index is 12.5. The Hall–Kier alpha value is -0.685. The lowest BCUT2D eigenvalue weighted by molar-refractivity contribution is -0.119. The Morgan fingerprint density at radius 1 is 1.29 bits per heavy atom. The van der Waals surface area contributed by atoms with Crippen molar-refractivity contribution in [3.8, 4) is 0 Å². The van der Waals surface area contributed by atoms with Crippen LogP contribution in [0.2, 0.25) is 0 Å². The van der Waals surface area contributed by atoms with Crippen LogP contribution < -0.4 is 0 Å². The topological polar surface area (TPSA) is 34.1 Å². The van der Waals surface area contributed by atoms with E-state index < -0.39 is 5.92 Å². The van der Waals surface area contributed by atoms with Gasteiger partial charge in [-0.15, -0.1) is 11.8 Å². The van der Waals surface area contributed by atoms with Gasteiger partial charge in [0.05, 0.1) is 5.92 Å². The molecule has 1 aliphatic rings. The quantitative estimate of drug-likeness (QED) is 0.579. The highest BCUT2D eigenvalue weighted by Gasteiger charge is 2.41. The predicted molar refractivity (Wildman–Crippen MR) is 87.9 cm³/mol. The second-order valence-electron chi connectivity index (χ2n) is 4.90. The van der Waals surface area contributed by atoms with Crippen molar-refractivity contribution in [3.63, 3.8) is 0 Å². The molecule has 2 nitrogen and oxygen atoms in total. The molecule has 3 radical (unpaired) electrons. The third-order valence-electron chi connectivity index (χ3n) is 3.19. The summed E-state index contributed by atoms with van der Waals surface area (Å²) in [7, 11) is 0. The maximum Gasteiger partial charge on any atom is 0.175 e. The van der Waals surface area contributed by atoms with E-state index in [4.69, 9.17) is 0 Å². The summed E-state index contributed by atoms with van der Waals surface area (Å²) < 4.78 is 0.936. The first-order valence-electron chi connectivity index (χ1n) is 5.93. The van der Waals surface area contributed by atoms with E-state index >= 15 is 0 Å². The van der Waals surface area contributed by atoms with Crippen LogP contribution in [0.4, 0.5) is 9.41 Å². The molecule has 0 bridgehead atoms. The van der Waals surface area contributed by atoms with E-state index in [9.17, 15) is 9.59 Å². The molecule has 0 aliphatic carbocycles. The summed E-state index contributed by atoms with van der Waals surface area (Å²) in [6, 6.07) is 5.58. The van der Waals surface area contributed by atoms with Gasteiger partial charge in [0.15, 0.2) is 5.78 Å². The van der Waals surface area contributed by atoms with Gasteiger partial charge in [-0.1, -0.05) is 26.0 Å². The number of fused-ring (bicyclic) bond motifs is 1. The van der Waals surface area contributed by atoms with Crippen LogP contribution in [0.5, 0.6) is 0 Å². The summed E-state index contributed by atoms with van der Waals surface area (Å²) in [6.07, 6.45) is 0. The van der Waals surface area contributed by atoms with E-state index in [1.165, 1.54) is 6.92 Å². The molecule has 1 aromatic rings. The van der Waals surface area contributed by atoms with E-state index in [2.05, 4.69) is 29.8 Å². The van der Waals surface area contributed by atoms with Gasteiger partial charge >= 0.3 is 0 Å². The zero-order valence-electron chi connectivity index (χ0n) is 12.0. The standard InChI is InChI=1S/C14H15BrO2S.B.2FH/c1-7(2)13-11(8(3)16)12(17)9-5-4-6-10(15)14(9)18-13;;;/h4-7,11,13H,1-3H3;;2*1H. The Kier molecular flexibility index (Phi) is 9.34. The maximum absolute atomic E-state index is 12.5. The van der Waals surface area contributed by atoms with Crippen LogP contribution in [0.1, 0.15) is 31.1 Å². The van der Waals surface area contributed by atoms with Gasteiger partial charge in [-0.2, -0.15) is 0 Å². The summed E-state index contributed by atoms with van der Waals surface area (Å²) in [6.45, 7) is 5.63. The highest BCUT2D eigenvalue weighted by atomic mass is 79.9. The lowest BCUT2D eigenvalue weighted by Crippen LogP contribution is -2.38. The van der Waals surface area contributed by atoms with Crippen LogP contribution in [-0.4, -0.2) is 25.2 Å². The zero-order valence-corrected chi connectivity index (χ0v) is 14.4. The monoisotopic (exact) mass is 377 g/mol. The summed E-state index contributed by atoms with van der Waals surface area (Å²) in [5.74, 6) is -0.280. The first kappa shape index (κ1) is 22.6. The molecule has 2 unspecified atom stereocenters. The van der Waals surface area contributed by atoms with Crippen molar-refractivity contribution in [2.75, 3.05) is 0 Å². The van der Waals surface area contributed by atoms with Gasteiger partial charge in [-0.3, -0.25) is 19.0 Å². The minimum absolute atomic E-state index is 0. The van der Waals surface area contributed by atoms with Crippen molar-refractivity contribution in [3.05, 3.63) is 28.2 Å². The van der Waals surface area contributed by atoms with Crippen molar-refractivity contribution in [1.82, 2.24) is 0 Å². The molecule has 0 spiro atoms. The van der Waals surface area contributed by atoms with E-state index in [-0.39, 0.29) is 40.6 Å². The number of hydrogen-bond acceptors (Lipinski definition) is 3. The van der Waals surface area contributed by atoms with Crippen molar-refractivity contribution in [2.24, 2.45) is 11.8 Å². The molecule has 0 saturated heterocycles. The Bertz CT molecular complexity index is 526. The summed E-state index contributed by atoms with van der Waals surface area (Å²) in [5.41, 5.74) is 0.673. The van der Waals surface area contributed by atoms with Gasteiger partial charge in [-0.25, -0.2) is 0 Å². The molecule has 21 heavy (non-hydrogen) atoms. The van der Waals surface area contributed by atoms with Crippen LogP contribution >= 0.6 is 27.7 Å². The van der Waals surface area contributed by atoms with Crippen LogP contribution in [-0.2, 0) is 4.79 Å². The molecule has 0 aromatic heterocycles. The Morgan fingerprint density at radius 2 is 1.86 bits per heavy atom. The van der Waals surface area contributed by atoms with Crippen molar-refractivity contribution < 1.29 is 19.0 Å². The molecule has 2 atom stereocenters. The molecule has 0 N–H and O–H groups in total. The van der Waals surface area contributed by atoms with Gasteiger partial charge < -0.3 is 0 Å². The Morgan fingerprint density at radius 3 is 2.33 bits per heavy atom. The van der Waals surface area contributed by atoms with Crippen molar-refractivity contribution in [2.45, 2.75) is 30.9 Å². The van der Waals surface area contributed by atoms with Crippen molar-refractivity contribution >= 4 is 47.7 Å². The summed E-state index contributed by atoms with van der Waals surface area (Å²) in [5, 5.41) is 0.0289. The minimum atomic E-state index is -0.503. The smallest absolute Gasteiger partial charge is 0.175 e. The van der Waals surface area contributed by atoms with Crippen LogP contribution in [0.15, 0.2) is 27.6 Å². The fraction of sp³-hybridized carbons (Fsp3) is 0.429. The largest absolute Gasteiger partial charge is 0.299 e. The SMILES string of the molecule is CC(=O)C1C(=O)c2cccc(Br)c2SC1C(C)C.F.F.[B]. The first-order chi connectivity index (χ1) is 8.43.